The molecule has 0 saturated heterocycles. The van der Waals surface area contributed by atoms with Crippen LogP contribution in [0.2, 0.25) is 0 Å². The lowest BCUT2D eigenvalue weighted by Crippen LogP contribution is -2.34. The van der Waals surface area contributed by atoms with Gasteiger partial charge in [0.15, 0.2) is 5.11 Å². The van der Waals surface area contributed by atoms with Crippen LogP contribution in [0.4, 0.5) is 5.69 Å². The van der Waals surface area contributed by atoms with Crippen molar-refractivity contribution in [3.05, 3.63) is 65.7 Å². The fourth-order valence-electron chi connectivity index (χ4n) is 2.89. The summed E-state index contributed by atoms with van der Waals surface area (Å²) in [7, 11) is 0. The van der Waals surface area contributed by atoms with Crippen LogP contribution in [-0.2, 0) is 25.5 Å². The predicted octanol–water partition coefficient (Wildman–Crippen LogP) is 4.41. The van der Waals surface area contributed by atoms with Crippen LogP contribution < -0.4 is 10.6 Å². The molecule has 1 amide bonds. The molecule has 0 bridgehead atoms. The topological polar surface area (TPSA) is 93.7 Å². The molecule has 176 valence electrons. The number of ether oxygens (including phenoxy) is 2. The second-order valence-corrected chi connectivity index (χ2v) is 7.79. The van der Waals surface area contributed by atoms with E-state index in [0.717, 1.165) is 19.3 Å². The van der Waals surface area contributed by atoms with E-state index in [4.69, 9.17) is 21.7 Å². The molecule has 0 aliphatic carbocycles. The first-order chi connectivity index (χ1) is 16.0. The van der Waals surface area contributed by atoms with Gasteiger partial charge in [-0.1, -0.05) is 37.3 Å². The Morgan fingerprint density at radius 2 is 1.61 bits per heavy atom. The molecular weight excluding hydrogens is 440 g/mol. The van der Waals surface area contributed by atoms with Gasteiger partial charge in [0.05, 0.1) is 18.8 Å². The minimum absolute atomic E-state index is 0.143. The van der Waals surface area contributed by atoms with Crippen molar-refractivity contribution in [3.63, 3.8) is 0 Å². The fourth-order valence-corrected chi connectivity index (χ4v) is 3.12. The zero-order valence-corrected chi connectivity index (χ0v) is 19.6. The molecule has 0 aromatic heterocycles. The van der Waals surface area contributed by atoms with Crippen LogP contribution in [0, 0.1) is 0 Å². The van der Waals surface area contributed by atoms with Crippen LogP contribution >= 0.6 is 12.2 Å². The van der Waals surface area contributed by atoms with Crippen molar-refractivity contribution in [2.45, 2.75) is 45.4 Å². The molecule has 0 aliphatic heterocycles. The van der Waals surface area contributed by atoms with Crippen molar-refractivity contribution in [1.29, 1.82) is 0 Å². The van der Waals surface area contributed by atoms with Gasteiger partial charge in [-0.05, 0) is 67.7 Å². The van der Waals surface area contributed by atoms with E-state index in [2.05, 4.69) is 10.6 Å². The molecule has 2 aromatic rings. The van der Waals surface area contributed by atoms with Crippen LogP contribution in [0.1, 0.15) is 54.9 Å². The van der Waals surface area contributed by atoms with E-state index < -0.39 is 0 Å². The van der Waals surface area contributed by atoms with Gasteiger partial charge in [-0.2, -0.15) is 0 Å². The van der Waals surface area contributed by atoms with Crippen molar-refractivity contribution in [2.75, 3.05) is 18.5 Å². The molecule has 0 spiro atoms. The fraction of sp³-hybridized carbons (Fsp3) is 0.360. The highest BCUT2D eigenvalue weighted by Gasteiger charge is 2.10. The molecule has 33 heavy (non-hydrogen) atoms. The Kier molecular flexibility index (Phi) is 11.6. The van der Waals surface area contributed by atoms with Crippen molar-refractivity contribution in [3.8, 4) is 0 Å². The molecule has 0 saturated carbocycles. The van der Waals surface area contributed by atoms with E-state index in [1.165, 1.54) is 5.56 Å². The quantitative estimate of drug-likeness (QED) is 0.270. The molecule has 7 nitrogen and oxygen atoms in total. The maximum Gasteiger partial charge on any atom is 0.338 e. The Morgan fingerprint density at radius 3 is 2.30 bits per heavy atom. The first-order valence-corrected chi connectivity index (χ1v) is 11.5. The summed E-state index contributed by atoms with van der Waals surface area (Å²) in [6.45, 7) is 2.67. The van der Waals surface area contributed by atoms with Crippen LogP contribution in [0.5, 0.6) is 0 Å². The lowest BCUT2D eigenvalue weighted by Gasteiger charge is -2.10. The predicted molar refractivity (Wildman–Crippen MR) is 131 cm³/mol. The molecule has 2 aromatic carbocycles. The van der Waals surface area contributed by atoms with Gasteiger partial charge in [0.1, 0.15) is 0 Å². The minimum atomic E-state index is -0.381. The third kappa shape index (κ3) is 10.7. The molecule has 2 N–H and O–H groups in total. The number of carbonyl (C=O) groups excluding carboxylic acids is 3. The summed E-state index contributed by atoms with van der Waals surface area (Å²) >= 11 is 5.14. The highest BCUT2D eigenvalue weighted by molar-refractivity contribution is 7.80. The zero-order valence-electron chi connectivity index (χ0n) is 18.8. The number of hydrogen-bond donors (Lipinski definition) is 2. The number of carbonyl (C=O) groups is 3. The molecule has 0 atom stereocenters. The van der Waals surface area contributed by atoms with Gasteiger partial charge >= 0.3 is 11.9 Å². The molecule has 0 radical (unpaired) electrons. The van der Waals surface area contributed by atoms with Crippen molar-refractivity contribution in [2.24, 2.45) is 0 Å². The number of hydrogen-bond acceptors (Lipinski definition) is 6. The Morgan fingerprint density at radius 1 is 0.879 bits per heavy atom. The van der Waals surface area contributed by atoms with Crippen molar-refractivity contribution >= 4 is 40.9 Å². The summed E-state index contributed by atoms with van der Waals surface area (Å²) in [5.41, 5.74) is 2.28. The van der Waals surface area contributed by atoms with E-state index in [0.29, 0.717) is 30.9 Å². The third-order valence-electron chi connectivity index (χ3n) is 4.57. The molecule has 0 fully saturated rings. The molecule has 0 aliphatic rings. The number of anilines is 1. The van der Waals surface area contributed by atoms with Crippen LogP contribution in [0.25, 0.3) is 0 Å². The van der Waals surface area contributed by atoms with Crippen molar-refractivity contribution in [1.82, 2.24) is 5.32 Å². The minimum Gasteiger partial charge on any atom is -0.466 e. The Bertz CT molecular complexity index is 916. The summed E-state index contributed by atoms with van der Waals surface area (Å²) in [6, 6.07) is 16.6. The average Bonchev–Trinajstić information content (AvgIpc) is 2.81. The zero-order chi connectivity index (χ0) is 23.9. The van der Waals surface area contributed by atoms with Gasteiger partial charge in [0.25, 0.3) is 0 Å². The monoisotopic (exact) mass is 470 g/mol. The summed E-state index contributed by atoms with van der Waals surface area (Å²) in [5.74, 6) is -0.979. The lowest BCUT2D eigenvalue weighted by atomic mass is 10.1. The number of rotatable bonds is 12. The van der Waals surface area contributed by atoms with Gasteiger partial charge in [0.2, 0.25) is 5.91 Å². The molecule has 8 heteroatoms. The second-order valence-electron chi connectivity index (χ2n) is 7.38. The highest BCUT2D eigenvalue weighted by atomic mass is 32.1. The first kappa shape index (κ1) is 26.0. The van der Waals surface area contributed by atoms with E-state index in [1.54, 1.807) is 24.3 Å². The smallest absolute Gasteiger partial charge is 0.338 e. The van der Waals surface area contributed by atoms with Gasteiger partial charge in [-0.15, -0.1) is 0 Å². The second kappa shape index (κ2) is 14.7. The van der Waals surface area contributed by atoms with E-state index >= 15 is 0 Å². The number of benzene rings is 2. The van der Waals surface area contributed by atoms with Gasteiger partial charge < -0.3 is 20.1 Å². The Hall–Kier alpha value is -3.26. The maximum absolute atomic E-state index is 12.0. The van der Waals surface area contributed by atoms with Gasteiger partial charge in [-0.3, -0.25) is 9.59 Å². The normalized spacial score (nSPS) is 10.2. The molecule has 0 heterocycles. The average molecular weight is 471 g/mol. The summed E-state index contributed by atoms with van der Waals surface area (Å²) < 4.78 is 10.3. The SMILES string of the molecule is CCCOC(=O)c1ccc(NC(=S)NC(=O)CCCC(=O)OCCCc2ccccc2)cc1. The lowest BCUT2D eigenvalue weighted by molar-refractivity contribution is -0.143. The summed E-state index contributed by atoms with van der Waals surface area (Å²) in [4.78, 5) is 35.6. The summed E-state index contributed by atoms with van der Waals surface area (Å²) in [6.07, 6.45) is 3.08. The number of nitrogens with one attached hydrogen (secondary N) is 2. The number of amides is 1. The van der Waals surface area contributed by atoms with Gasteiger partial charge in [0, 0.05) is 18.5 Å². The number of esters is 2. The van der Waals surface area contributed by atoms with E-state index in [1.807, 2.05) is 37.3 Å². The largest absolute Gasteiger partial charge is 0.466 e. The molecule has 0 unspecified atom stereocenters. The number of aryl methyl sites for hydroxylation is 1. The standard InChI is InChI=1S/C25H30N2O5S/c1-2-17-32-24(30)20-13-15-21(16-14-20)26-25(33)27-22(28)11-6-12-23(29)31-18-7-10-19-8-4-3-5-9-19/h3-5,8-9,13-16H,2,6-7,10-12,17-18H2,1H3,(H2,26,27,28,33). The Balaban J connectivity index is 1.58. The number of thiocarbonyl (C=S) groups is 1. The van der Waals surface area contributed by atoms with E-state index in [9.17, 15) is 14.4 Å². The van der Waals surface area contributed by atoms with Crippen LogP contribution in [-0.4, -0.2) is 36.2 Å². The molecule has 2 rings (SSSR count). The van der Waals surface area contributed by atoms with Crippen LogP contribution in [0.15, 0.2) is 54.6 Å². The van der Waals surface area contributed by atoms with Crippen molar-refractivity contribution < 1.29 is 23.9 Å². The molecular formula is C25H30N2O5S. The van der Waals surface area contributed by atoms with Crippen LogP contribution in [0.3, 0.4) is 0 Å². The Labute approximate surface area is 199 Å². The first-order valence-electron chi connectivity index (χ1n) is 11.1. The summed E-state index contributed by atoms with van der Waals surface area (Å²) in [5, 5.41) is 5.60. The van der Waals surface area contributed by atoms with Gasteiger partial charge in [-0.25, -0.2) is 4.79 Å². The highest BCUT2D eigenvalue weighted by Crippen LogP contribution is 2.11. The maximum atomic E-state index is 12.0. The third-order valence-corrected chi connectivity index (χ3v) is 4.77. The van der Waals surface area contributed by atoms with E-state index in [-0.39, 0.29) is 35.8 Å².